The van der Waals surface area contributed by atoms with Gasteiger partial charge in [0.2, 0.25) is 5.43 Å². The van der Waals surface area contributed by atoms with Gasteiger partial charge in [-0.3, -0.25) is 14.5 Å². The van der Waals surface area contributed by atoms with Crippen molar-refractivity contribution in [1.82, 2.24) is 9.47 Å². The van der Waals surface area contributed by atoms with Crippen LogP contribution in [-0.2, 0) is 6.54 Å². The van der Waals surface area contributed by atoms with Crippen molar-refractivity contribution in [2.75, 3.05) is 31.1 Å². The number of phenolic OH excluding ortho intramolecular Hbond substituents is 1. The molecule has 1 aliphatic heterocycles. The molecule has 3 aromatic carbocycles. The highest BCUT2D eigenvalue weighted by atomic mass is 19.1. The molecule has 44 heavy (non-hydrogen) atoms. The number of aromatic hydroxyl groups is 1. The van der Waals surface area contributed by atoms with Crippen molar-refractivity contribution in [2.24, 2.45) is 0 Å². The largest absolute Gasteiger partial charge is 0.508 e. The number of aromatic nitrogens is 1. The summed E-state index contributed by atoms with van der Waals surface area (Å²) >= 11 is 0. The Labute approximate surface area is 254 Å². The third-order valence-corrected chi connectivity index (χ3v) is 8.58. The highest BCUT2D eigenvalue weighted by Crippen LogP contribution is 2.38. The first kappa shape index (κ1) is 29.3. The summed E-state index contributed by atoms with van der Waals surface area (Å²) in [6.07, 6.45) is 6.50. The van der Waals surface area contributed by atoms with Gasteiger partial charge in [-0.25, -0.2) is 9.18 Å². The van der Waals surface area contributed by atoms with Gasteiger partial charge in [-0.1, -0.05) is 29.8 Å². The van der Waals surface area contributed by atoms with Gasteiger partial charge in [0.1, 0.15) is 17.1 Å². The van der Waals surface area contributed by atoms with Crippen LogP contribution in [-0.4, -0.2) is 57.6 Å². The van der Waals surface area contributed by atoms with Crippen molar-refractivity contribution < 1.29 is 24.2 Å². The van der Waals surface area contributed by atoms with Crippen LogP contribution in [0.5, 0.6) is 5.75 Å². The van der Waals surface area contributed by atoms with Gasteiger partial charge in [-0.15, -0.1) is 0 Å². The number of aryl methyl sites for hydroxylation is 2. The van der Waals surface area contributed by atoms with Crippen LogP contribution >= 0.6 is 0 Å². The van der Waals surface area contributed by atoms with E-state index in [2.05, 4.69) is 11.0 Å². The Morgan fingerprint density at radius 1 is 1.00 bits per heavy atom. The molecule has 0 amide bonds. The third-order valence-electron chi connectivity index (χ3n) is 8.58. The summed E-state index contributed by atoms with van der Waals surface area (Å²) in [6.45, 7) is 6.68. The molecule has 2 fully saturated rings. The second kappa shape index (κ2) is 11.7. The van der Waals surface area contributed by atoms with Gasteiger partial charge in [-0.2, -0.15) is 0 Å². The number of carbonyl (C=O) groups is 2. The Bertz CT molecular complexity index is 1880. The van der Waals surface area contributed by atoms with E-state index in [9.17, 15) is 24.6 Å². The number of carboxylic acid groups (broad SMARTS) is 1. The van der Waals surface area contributed by atoms with Gasteiger partial charge in [0.05, 0.1) is 11.2 Å². The van der Waals surface area contributed by atoms with Crippen molar-refractivity contribution in [3.05, 3.63) is 110 Å². The first-order valence-corrected chi connectivity index (χ1v) is 14.8. The summed E-state index contributed by atoms with van der Waals surface area (Å²) in [6, 6.07) is 13.9. The van der Waals surface area contributed by atoms with E-state index in [1.165, 1.54) is 12.3 Å². The van der Waals surface area contributed by atoms with Crippen LogP contribution in [0.1, 0.15) is 61.9 Å². The van der Waals surface area contributed by atoms with Gasteiger partial charge < -0.3 is 19.7 Å². The fourth-order valence-electron chi connectivity index (χ4n) is 5.94. The van der Waals surface area contributed by atoms with Crippen LogP contribution in [0.4, 0.5) is 10.1 Å². The van der Waals surface area contributed by atoms with Crippen molar-refractivity contribution in [3.63, 3.8) is 0 Å². The van der Waals surface area contributed by atoms with Crippen molar-refractivity contribution in [3.8, 4) is 5.75 Å². The van der Waals surface area contributed by atoms with Gasteiger partial charge in [0.25, 0.3) is 0 Å². The molecule has 8 nitrogen and oxygen atoms in total. The molecule has 1 aliphatic carbocycles. The first-order chi connectivity index (χ1) is 21.1. The number of halogens is 1. The highest BCUT2D eigenvalue weighted by Gasteiger charge is 2.28. The minimum Gasteiger partial charge on any atom is -0.508 e. The first-order valence-electron chi connectivity index (χ1n) is 14.8. The number of carboxylic acids is 1. The number of ketones is 1. The zero-order valence-electron chi connectivity index (χ0n) is 24.7. The summed E-state index contributed by atoms with van der Waals surface area (Å²) in [5.41, 5.74) is 4.24. The van der Waals surface area contributed by atoms with Gasteiger partial charge in [0, 0.05) is 61.5 Å². The molecule has 4 aromatic rings. The lowest BCUT2D eigenvalue weighted by Gasteiger charge is -2.36. The monoisotopic (exact) mass is 595 g/mol. The molecular weight excluding hydrogens is 561 g/mol. The molecule has 0 bridgehead atoms. The maximum atomic E-state index is 15.4. The molecule has 0 radical (unpaired) electrons. The number of hydrogen-bond donors (Lipinski definition) is 2. The van der Waals surface area contributed by atoms with E-state index in [-0.39, 0.29) is 28.5 Å². The number of phenols is 1. The predicted octanol–water partition coefficient (Wildman–Crippen LogP) is 5.71. The van der Waals surface area contributed by atoms with Crippen LogP contribution in [0, 0.1) is 19.7 Å². The van der Waals surface area contributed by atoms with E-state index in [0.717, 1.165) is 29.5 Å². The molecule has 9 heteroatoms. The van der Waals surface area contributed by atoms with E-state index < -0.39 is 17.2 Å². The van der Waals surface area contributed by atoms with Crippen molar-refractivity contribution in [1.29, 1.82) is 0 Å². The SMILES string of the molecule is Cc1ccc(/C=C/C(=O)c2ccc(O)c(CN3CCN(c4cc5c(cc4F)c(=O)c(C(=O)O)cn5C4CC4)CC3)c2)c(C)c1. The number of hydrogen-bond acceptors (Lipinski definition) is 6. The molecule has 6 rings (SSSR count). The Morgan fingerprint density at radius 2 is 1.75 bits per heavy atom. The maximum Gasteiger partial charge on any atom is 0.341 e. The maximum absolute atomic E-state index is 15.4. The molecule has 1 saturated heterocycles. The lowest BCUT2D eigenvalue weighted by molar-refractivity contribution is 0.0694. The van der Waals surface area contributed by atoms with Crippen LogP contribution in [0.2, 0.25) is 0 Å². The fraction of sp³-hybridized carbons (Fsp3) is 0.286. The normalized spacial score (nSPS) is 15.8. The van der Waals surface area contributed by atoms with E-state index in [4.69, 9.17) is 0 Å². The smallest absolute Gasteiger partial charge is 0.341 e. The van der Waals surface area contributed by atoms with Gasteiger partial charge in [-0.05, 0) is 74.2 Å². The minimum atomic E-state index is -1.32. The lowest BCUT2D eigenvalue weighted by Crippen LogP contribution is -2.46. The number of allylic oxidation sites excluding steroid dienone is 1. The molecule has 1 saturated carbocycles. The molecule has 2 heterocycles. The van der Waals surface area contributed by atoms with Crippen LogP contribution in [0.15, 0.2) is 65.6 Å². The number of anilines is 1. The zero-order chi connectivity index (χ0) is 31.1. The van der Waals surface area contributed by atoms with Gasteiger partial charge >= 0.3 is 5.97 Å². The summed E-state index contributed by atoms with van der Waals surface area (Å²) in [5, 5.41) is 20.1. The number of benzene rings is 3. The number of rotatable bonds is 8. The Balaban J connectivity index is 1.16. The second-order valence-electron chi connectivity index (χ2n) is 11.8. The lowest BCUT2D eigenvalue weighted by atomic mass is 10.0. The Morgan fingerprint density at radius 3 is 2.43 bits per heavy atom. The third kappa shape index (κ3) is 5.88. The van der Waals surface area contributed by atoms with E-state index >= 15 is 4.39 Å². The van der Waals surface area contributed by atoms with Crippen LogP contribution in [0.3, 0.4) is 0 Å². The van der Waals surface area contributed by atoms with E-state index in [0.29, 0.717) is 55.1 Å². The number of fused-ring (bicyclic) bond motifs is 1. The number of carbonyl (C=O) groups excluding carboxylic acids is 1. The number of nitrogens with zero attached hydrogens (tertiary/aromatic N) is 3. The molecule has 0 atom stereocenters. The topological polar surface area (TPSA) is 103 Å². The standard InChI is InChI=1S/C35H34FN3O5/c1-21-3-4-23(22(2)15-21)5-9-32(40)24-6-10-33(41)25(16-24)19-37-11-13-38(14-12-37)31-18-30-27(17-29(31)36)34(42)28(35(43)44)20-39(30)26-7-8-26/h3-6,9-10,15-18,20,26,41H,7-8,11-14,19H2,1-2H3,(H,43,44)/b9-5+. The summed E-state index contributed by atoms with van der Waals surface area (Å²) < 4.78 is 17.2. The molecule has 2 aliphatic rings. The van der Waals surface area contributed by atoms with Gasteiger partial charge in [0.15, 0.2) is 5.78 Å². The molecule has 0 unspecified atom stereocenters. The van der Waals surface area contributed by atoms with Crippen LogP contribution < -0.4 is 10.3 Å². The second-order valence-corrected chi connectivity index (χ2v) is 11.8. The Hall–Kier alpha value is -4.76. The number of aromatic carboxylic acids is 1. The zero-order valence-corrected chi connectivity index (χ0v) is 24.7. The van der Waals surface area contributed by atoms with E-state index in [1.54, 1.807) is 34.9 Å². The average Bonchev–Trinajstić information content (AvgIpc) is 3.84. The van der Waals surface area contributed by atoms with Crippen molar-refractivity contribution in [2.45, 2.75) is 39.3 Å². The van der Waals surface area contributed by atoms with Crippen LogP contribution in [0.25, 0.3) is 17.0 Å². The fourth-order valence-corrected chi connectivity index (χ4v) is 5.94. The molecular formula is C35H34FN3O5. The minimum absolute atomic E-state index is 0.0745. The van der Waals surface area contributed by atoms with E-state index in [1.807, 2.05) is 37.0 Å². The quantitative estimate of drug-likeness (QED) is 0.199. The van der Waals surface area contributed by atoms with Crippen molar-refractivity contribution >= 4 is 34.4 Å². The highest BCUT2D eigenvalue weighted by molar-refractivity contribution is 6.07. The molecule has 226 valence electrons. The average molecular weight is 596 g/mol. The molecule has 2 N–H and O–H groups in total. The molecule has 1 aromatic heterocycles. The number of pyridine rings is 1. The summed E-state index contributed by atoms with van der Waals surface area (Å²) in [4.78, 5) is 41.5. The number of piperazine rings is 1. The molecule has 0 spiro atoms. The predicted molar refractivity (Wildman–Crippen MR) is 168 cm³/mol. The summed E-state index contributed by atoms with van der Waals surface area (Å²) in [7, 11) is 0. The summed E-state index contributed by atoms with van der Waals surface area (Å²) in [5.74, 6) is -1.92. The Kier molecular flexibility index (Phi) is 7.82.